The van der Waals surface area contributed by atoms with Crippen molar-refractivity contribution in [3.05, 3.63) is 59.9 Å². The van der Waals surface area contributed by atoms with Crippen molar-refractivity contribution < 1.29 is 14.3 Å². The highest BCUT2D eigenvalue weighted by Gasteiger charge is 2.23. The number of nitrogens with one attached hydrogen (secondary N) is 1. The monoisotopic (exact) mass is 451 g/mol. The van der Waals surface area contributed by atoms with E-state index >= 15 is 0 Å². The van der Waals surface area contributed by atoms with Crippen LogP contribution in [0.4, 0.5) is 5.69 Å². The third-order valence-electron chi connectivity index (χ3n) is 4.73. The Morgan fingerprint density at radius 3 is 2.47 bits per heavy atom. The Hall–Kier alpha value is -3.51. The summed E-state index contributed by atoms with van der Waals surface area (Å²) in [4.78, 5) is 12.6. The maximum Gasteiger partial charge on any atom is 0.237 e. The molecule has 0 saturated heterocycles. The van der Waals surface area contributed by atoms with Gasteiger partial charge in [-0.05, 0) is 57.2 Å². The lowest BCUT2D eigenvalue weighted by atomic mass is 10.2. The molecule has 3 aromatic rings. The van der Waals surface area contributed by atoms with Gasteiger partial charge in [-0.25, -0.2) is 0 Å². The van der Waals surface area contributed by atoms with E-state index in [-0.39, 0.29) is 12.0 Å². The van der Waals surface area contributed by atoms with Crippen molar-refractivity contribution in [2.45, 2.75) is 43.8 Å². The standard InChI is InChI=1S/C23H25N5O3S/c1-5-28-21(15(2)31-20-9-7-6-8-19(20)30-4)26-27-23(28)32-16(3)22(29)25-18-12-10-17(14-24)11-13-18/h6-13,15-16H,5H2,1-4H3,(H,25,29). The van der Waals surface area contributed by atoms with Gasteiger partial charge in [0.1, 0.15) is 0 Å². The summed E-state index contributed by atoms with van der Waals surface area (Å²) in [5, 5.41) is 20.6. The number of nitriles is 1. The molecule has 0 aliphatic rings. The first-order valence-corrected chi connectivity index (χ1v) is 11.0. The van der Waals surface area contributed by atoms with Crippen molar-refractivity contribution in [2.75, 3.05) is 12.4 Å². The van der Waals surface area contributed by atoms with E-state index in [2.05, 4.69) is 21.6 Å². The van der Waals surface area contributed by atoms with E-state index in [9.17, 15) is 4.79 Å². The molecule has 0 radical (unpaired) electrons. The van der Waals surface area contributed by atoms with E-state index in [1.165, 1.54) is 11.8 Å². The van der Waals surface area contributed by atoms with Crippen LogP contribution in [0, 0.1) is 11.3 Å². The van der Waals surface area contributed by atoms with Gasteiger partial charge in [0, 0.05) is 12.2 Å². The quantitative estimate of drug-likeness (QED) is 0.480. The lowest BCUT2D eigenvalue weighted by molar-refractivity contribution is -0.115. The number of amides is 1. The minimum atomic E-state index is -0.404. The van der Waals surface area contributed by atoms with E-state index in [1.54, 1.807) is 31.4 Å². The summed E-state index contributed by atoms with van der Waals surface area (Å²) in [7, 11) is 1.60. The largest absolute Gasteiger partial charge is 0.493 e. The molecule has 2 atom stereocenters. The van der Waals surface area contributed by atoms with Gasteiger partial charge in [-0.3, -0.25) is 4.79 Å². The molecular formula is C23H25N5O3S. The highest BCUT2D eigenvalue weighted by molar-refractivity contribution is 8.00. The van der Waals surface area contributed by atoms with E-state index < -0.39 is 5.25 Å². The molecule has 32 heavy (non-hydrogen) atoms. The molecule has 0 fully saturated rings. The Morgan fingerprint density at radius 1 is 1.16 bits per heavy atom. The molecule has 2 aromatic carbocycles. The highest BCUT2D eigenvalue weighted by atomic mass is 32.2. The summed E-state index contributed by atoms with van der Waals surface area (Å²) in [5.74, 6) is 1.77. The molecule has 1 aromatic heterocycles. The second kappa shape index (κ2) is 10.7. The normalized spacial score (nSPS) is 12.5. The van der Waals surface area contributed by atoms with Crippen molar-refractivity contribution in [1.29, 1.82) is 5.26 Å². The Balaban J connectivity index is 1.69. The lowest BCUT2D eigenvalue weighted by Gasteiger charge is -2.18. The Kier molecular flexibility index (Phi) is 7.73. The molecule has 0 saturated carbocycles. The van der Waals surface area contributed by atoms with Crippen LogP contribution in [0.1, 0.15) is 38.3 Å². The summed E-state index contributed by atoms with van der Waals surface area (Å²) in [6, 6.07) is 16.2. The average Bonchev–Trinajstić information content (AvgIpc) is 3.22. The van der Waals surface area contributed by atoms with Gasteiger partial charge in [-0.2, -0.15) is 5.26 Å². The first-order chi connectivity index (χ1) is 15.5. The van der Waals surface area contributed by atoms with Gasteiger partial charge in [0.25, 0.3) is 0 Å². The van der Waals surface area contributed by atoms with Crippen LogP contribution in [-0.2, 0) is 11.3 Å². The topological polar surface area (TPSA) is 102 Å². The number of methoxy groups -OCH3 is 1. The summed E-state index contributed by atoms with van der Waals surface area (Å²) in [6.45, 7) is 6.34. The molecule has 0 aliphatic heterocycles. The van der Waals surface area contributed by atoms with Gasteiger partial charge >= 0.3 is 0 Å². The number of rotatable bonds is 9. The number of thioether (sulfide) groups is 1. The molecule has 2 unspecified atom stereocenters. The summed E-state index contributed by atoms with van der Waals surface area (Å²) >= 11 is 1.33. The summed E-state index contributed by atoms with van der Waals surface area (Å²) in [5.41, 5.74) is 1.18. The minimum absolute atomic E-state index is 0.162. The number of carbonyl (C=O) groups is 1. The number of para-hydroxylation sites is 2. The van der Waals surface area contributed by atoms with Gasteiger partial charge in [0.15, 0.2) is 28.6 Å². The number of aromatic nitrogens is 3. The van der Waals surface area contributed by atoms with E-state index in [0.717, 1.165) is 0 Å². The molecule has 1 heterocycles. The molecule has 1 N–H and O–H groups in total. The van der Waals surface area contributed by atoms with Crippen LogP contribution >= 0.6 is 11.8 Å². The highest BCUT2D eigenvalue weighted by Crippen LogP contribution is 2.31. The number of carbonyl (C=O) groups excluding carboxylic acids is 1. The maximum atomic E-state index is 12.6. The fourth-order valence-corrected chi connectivity index (χ4v) is 3.95. The van der Waals surface area contributed by atoms with Gasteiger partial charge in [0.2, 0.25) is 5.91 Å². The zero-order valence-electron chi connectivity index (χ0n) is 18.4. The summed E-state index contributed by atoms with van der Waals surface area (Å²) in [6.07, 6.45) is -0.365. The fourth-order valence-electron chi connectivity index (χ4n) is 3.03. The number of hydrogen-bond acceptors (Lipinski definition) is 7. The van der Waals surface area contributed by atoms with Crippen molar-refractivity contribution in [1.82, 2.24) is 14.8 Å². The van der Waals surface area contributed by atoms with Crippen LogP contribution in [0.15, 0.2) is 53.7 Å². The SMILES string of the molecule is CCn1c(SC(C)C(=O)Nc2ccc(C#N)cc2)nnc1C(C)Oc1ccccc1OC. The van der Waals surface area contributed by atoms with Gasteiger partial charge in [-0.1, -0.05) is 23.9 Å². The minimum Gasteiger partial charge on any atom is -0.493 e. The Bertz CT molecular complexity index is 1110. The second-order valence-corrected chi connectivity index (χ2v) is 8.24. The average molecular weight is 452 g/mol. The molecule has 166 valence electrons. The van der Waals surface area contributed by atoms with Crippen molar-refractivity contribution in [3.63, 3.8) is 0 Å². The zero-order valence-corrected chi connectivity index (χ0v) is 19.2. The van der Waals surface area contributed by atoms with Gasteiger partial charge < -0.3 is 19.4 Å². The van der Waals surface area contributed by atoms with Crippen LogP contribution < -0.4 is 14.8 Å². The Morgan fingerprint density at radius 2 is 1.84 bits per heavy atom. The molecular weight excluding hydrogens is 426 g/mol. The number of hydrogen-bond donors (Lipinski definition) is 1. The maximum absolute atomic E-state index is 12.6. The van der Waals surface area contributed by atoms with Crippen molar-refractivity contribution >= 4 is 23.4 Å². The van der Waals surface area contributed by atoms with Crippen LogP contribution in [0.2, 0.25) is 0 Å². The fraction of sp³-hybridized carbons (Fsp3) is 0.304. The second-order valence-electron chi connectivity index (χ2n) is 6.93. The van der Waals surface area contributed by atoms with Gasteiger partial charge in [-0.15, -0.1) is 10.2 Å². The predicted molar refractivity (Wildman–Crippen MR) is 123 cm³/mol. The van der Waals surface area contributed by atoms with Crippen molar-refractivity contribution in [2.24, 2.45) is 0 Å². The molecule has 1 amide bonds. The van der Waals surface area contributed by atoms with Crippen molar-refractivity contribution in [3.8, 4) is 17.6 Å². The Labute approximate surface area is 191 Å². The number of ether oxygens (including phenoxy) is 2. The van der Waals surface area contributed by atoms with E-state index in [4.69, 9.17) is 14.7 Å². The molecule has 0 bridgehead atoms. The molecule has 9 heteroatoms. The van der Waals surface area contributed by atoms with Crippen LogP contribution in [-0.4, -0.2) is 33.0 Å². The molecule has 8 nitrogen and oxygen atoms in total. The van der Waals surface area contributed by atoms with Crippen LogP contribution in [0.25, 0.3) is 0 Å². The third-order valence-corrected chi connectivity index (χ3v) is 5.81. The first kappa shape index (κ1) is 23.2. The van der Waals surface area contributed by atoms with Gasteiger partial charge in [0.05, 0.1) is 24.0 Å². The number of benzene rings is 2. The number of anilines is 1. The van der Waals surface area contributed by atoms with E-state index in [1.807, 2.05) is 49.6 Å². The zero-order chi connectivity index (χ0) is 23.1. The molecule has 3 rings (SSSR count). The first-order valence-electron chi connectivity index (χ1n) is 10.2. The van der Waals surface area contributed by atoms with Crippen LogP contribution in [0.5, 0.6) is 11.5 Å². The number of nitrogens with zero attached hydrogens (tertiary/aromatic N) is 4. The molecule has 0 spiro atoms. The lowest BCUT2D eigenvalue weighted by Crippen LogP contribution is -2.23. The third kappa shape index (κ3) is 5.39. The van der Waals surface area contributed by atoms with E-state index in [0.29, 0.717) is 40.3 Å². The molecule has 0 aliphatic carbocycles. The smallest absolute Gasteiger partial charge is 0.237 e. The summed E-state index contributed by atoms with van der Waals surface area (Å²) < 4.78 is 13.4. The van der Waals surface area contributed by atoms with Crippen LogP contribution in [0.3, 0.4) is 0 Å². The predicted octanol–water partition coefficient (Wildman–Crippen LogP) is 4.44.